The number of carbonyl (C=O) groups excluding carboxylic acids is 2. The van der Waals surface area contributed by atoms with Crippen molar-refractivity contribution in [3.05, 3.63) is 199 Å². The first-order valence-corrected chi connectivity index (χ1v) is 27.0. The highest BCUT2D eigenvalue weighted by Gasteiger charge is 2.31. The van der Waals surface area contributed by atoms with Gasteiger partial charge in [0.2, 0.25) is 11.8 Å². The van der Waals surface area contributed by atoms with Gasteiger partial charge in [-0.2, -0.15) is 27.8 Å². The third kappa shape index (κ3) is 15.7. The molecule has 0 spiro atoms. The summed E-state index contributed by atoms with van der Waals surface area (Å²) in [6, 6.07) is 45.0. The summed E-state index contributed by atoms with van der Waals surface area (Å²) in [6.07, 6.45) is 2.01. The minimum absolute atomic E-state index is 0.0760. The molecule has 11 aromatic rings. The molecule has 4 aromatic heterocycles. The Morgan fingerprint density at radius 1 is 0.483 bits per heavy atom. The molecule has 89 heavy (non-hydrogen) atoms. The second kappa shape index (κ2) is 27.3. The number of ether oxygens (including phenoxy) is 7. The molecular weight excluding hydrogens is 1160 g/mol. The molecule has 0 radical (unpaired) electrons. The monoisotopic (exact) mass is 1210 g/mol. The van der Waals surface area contributed by atoms with Crippen LogP contribution in [0.4, 0.5) is 50.2 Å². The molecule has 0 atom stereocenters. The number of aromatic nitrogens is 8. The zero-order valence-electron chi connectivity index (χ0n) is 49.1. The van der Waals surface area contributed by atoms with E-state index in [4.69, 9.17) is 38.9 Å². The molecule has 7 aromatic carbocycles. The fourth-order valence-corrected chi connectivity index (χ4v) is 8.46. The van der Waals surface area contributed by atoms with Crippen LogP contribution in [0.2, 0.25) is 0 Å². The maximum Gasteiger partial charge on any atom is 0.418 e. The molecule has 0 saturated carbocycles. The summed E-state index contributed by atoms with van der Waals surface area (Å²) in [7, 11) is 6.21. The Hall–Kier alpha value is -11.5. The van der Waals surface area contributed by atoms with Crippen molar-refractivity contribution >= 4 is 56.9 Å². The number of nitrogen functional groups attached to an aromatic ring is 1. The first-order chi connectivity index (χ1) is 42.7. The van der Waals surface area contributed by atoms with Crippen LogP contribution in [0.25, 0.3) is 33.2 Å². The molecule has 3 amide bonds. The molecule has 0 aliphatic heterocycles. The van der Waals surface area contributed by atoms with Crippen LogP contribution in [-0.4, -0.2) is 80.1 Å². The first kappa shape index (κ1) is 62.0. The average Bonchev–Trinajstić information content (AvgIpc) is 3.26. The van der Waals surface area contributed by atoms with Crippen LogP contribution in [0.5, 0.6) is 52.0 Å². The average molecular weight is 1220 g/mol. The number of amides is 3. The number of nitrogens with one attached hydrogen (secondary N) is 3. The molecular formula is C64H58F4N12O9. The first-order valence-electron chi connectivity index (χ1n) is 27.0. The number of halogens is 4. The summed E-state index contributed by atoms with van der Waals surface area (Å²) in [5.74, 6) is -1.96. The topological polar surface area (TPSA) is 248 Å². The van der Waals surface area contributed by atoms with E-state index in [1.54, 1.807) is 129 Å². The van der Waals surface area contributed by atoms with Crippen LogP contribution >= 0.6 is 0 Å². The lowest BCUT2D eigenvalue weighted by Crippen LogP contribution is -2.21. The lowest BCUT2D eigenvalue weighted by Gasteiger charge is -2.13. The lowest BCUT2D eigenvalue weighted by atomic mass is 10.2. The predicted octanol–water partition coefficient (Wildman–Crippen LogP) is 14.6. The molecule has 0 unspecified atom stereocenters. The number of benzene rings is 7. The Balaban J connectivity index is 0.000000169. The van der Waals surface area contributed by atoms with Crippen molar-refractivity contribution in [1.29, 1.82) is 0 Å². The van der Waals surface area contributed by atoms with Crippen LogP contribution in [0.15, 0.2) is 176 Å². The van der Waals surface area contributed by atoms with E-state index in [-0.39, 0.29) is 17.5 Å². The van der Waals surface area contributed by atoms with Crippen LogP contribution in [-0.2, 0) is 11.8 Å². The number of rotatable bonds is 16. The van der Waals surface area contributed by atoms with Crippen molar-refractivity contribution in [1.82, 2.24) is 39.5 Å². The van der Waals surface area contributed by atoms with Crippen LogP contribution in [0.1, 0.15) is 36.4 Å². The summed E-state index contributed by atoms with van der Waals surface area (Å²) in [5.41, 5.74) is 10.2. The Morgan fingerprint density at radius 2 is 0.921 bits per heavy atom. The summed E-state index contributed by atoms with van der Waals surface area (Å²) in [5, 5.41) is 17.1. The Labute approximate surface area is 507 Å². The number of alkyl halides is 4. The van der Waals surface area contributed by atoms with Crippen LogP contribution in [0, 0.1) is 13.8 Å². The number of hydrogen-bond acceptors (Lipinski definition) is 16. The van der Waals surface area contributed by atoms with Gasteiger partial charge in [-0.1, -0.05) is 65.7 Å². The third-order valence-electron chi connectivity index (χ3n) is 12.9. The number of carbonyl (C=O) groups is 2. The standard InChI is InChI=1S/C29H26F2N6O4.C19H17F2N3O2.C16H15N3O3/c1-17-8-10-19(11-9-17)37-26(15-25(36-37)29(2,30)31)35-28(38)34-18-6-5-7-20(12-18)41-27-21-13-23(39-3)24(40-4)14-22(21)32-16-33-27;1-13-8-10-14(11-9-13)24-17(12-16(23-24)19(2,20)21)22-18(25)26-15-6-4-3-5-7-15;1-20-14-7-12-13(8-15(14)21-2)18-9-19-16(12)22-11-5-3-4-10(17)6-11/h5-16H,1-4H3,(H2,34,35,38);3-12H,1-2H3,(H,22,25);3-9H,17H2,1-2H3. The zero-order chi connectivity index (χ0) is 63.4. The number of urea groups is 1. The van der Waals surface area contributed by atoms with Crippen molar-refractivity contribution in [2.24, 2.45) is 0 Å². The van der Waals surface area contributed by atoms with Crippen LogP contribution in [0.3, 0.4) is 0 Å². The van der Waals surface area contributed by atoms with Crippen molar-refractivity contribution in [2.75, 3.05) is 50.1 Å². The summed E-state index contributed by atoms with van der Waals surface area (Å²) >= 11 is 0. The van der Waals surface area contributed by atoms with E-state index in [9.17, 15) is 27.2 Å². The van der Waals surface area contributed by atoms with Crippen molar-refractivity contribution < 1.29 is 60.3 Å². The van der Waals surface area contributed by atoms with Crippen molar-refractivity contribution in [3.63, 3.8) is 0 Å². The Kier molecular flexibility index (Phi) is 19.0. The number of para-hydroxylation sites is 1. The smallest absolute Gasteiger partial charge is 0.418 e. The van der Waals surface area contributed by atoms with E-state index in [0.717, 1.165) is 42.5 Å². The predicted molar refractivity (Wildman–Crippen MR) is 327 cm³/mol. The minimum atomic E-state index is -3.20. The van der Waals surface area contributed by atoms with Crippen molar-refractivity contribution in [2.45, 2.75) is 39.5 Å². The quantitative estimate of drug-likeness (QED) is 0.0519. The molecule has 0 saturated heterocycles. The Morgan fingerprint density at radius 3 is 1.38 bits per heavy atom. The second-order valence-corrected chi connectivity index (χ2v) is 19.6. The van der Waals surface area contributed by atoms with Gasteiger partial charge in [-0.25, -0.2) is 38.9 Å². The lowest BCUT2D eigenvalue weighted by molar-refractivity contribution is 0.0118. The third-order valence-corrected chi connectivity index (χ3v) is 12.9. The number of aryl methyl sites for hydroxylation is 2. The molecule has 25 heteroatoms. The van der Waals surface area contributed by atoms with Gasteiger partial charge < -0.3 is 44.2 Å². The number of hydrogen-bond donors (Lipinski definition) is 4. The fourth-order valence-electron chi connectivity index (χ4n) is 8.46. The second-order valence-electron chi connectivity index (χ2n) is 19.6. The molecule has 0 aliphatic carbocycles. The molecule has 0 aliphatic rings. The molecule has 0 bridgehead atoms. The molecule has 21 nitrogen and oxygen atoms in total. The minimum Gasteiger partial charge on any atom is -0.493 e. The SMILES string of the molecule is COc1cc2ncnc(Oc3cccc(N)c3)c2cc1OC.COc1cc2ncnc(Oc3cccc(NC(=O)Nc4cc(C(C)(F)F)nn4-c4ccc(C)cc4)c3)c2cc1OC.Cc1ccc(-n2nc(C(C)(F)F)cc2NC(=O)Oc2ccccc2)cc1. The van der Waals surface area contributed by atoms with E-state index < -0.39 is 35.4 Å². The molecule has 5 N–H and O–H groups in total. The van der Waals surface area contributed by atoms with Gasteiger partial charge >= 0.3 is 12.1 Å². The summed E-state index contributed by atoms with van der Waals surface area (Å²) < 4.78 is 96.3. The maximum atomic E-state index is 14.1. The van der Waals surface area contributed by atoms with E-state index in [2.05, 4.69) is 46.1 Å². The van der Waals surface area contributed by atoms with Crippen LogP contribution < -0.4 is 54.8 Å². The number of methoxy groups -OCH3 is 4. The van der Waals surface area contributed by atoms with Gasteiger partial charge in [-0.05, 0) is 86.6 Å². The van der Waals surface area contributed by atoms with E-state index in [1.807, 2.05) is 50.2 Å². The molecule has 0 fully saturated rings. The summed E-state index contributed by atoms with van der Waals surface area (Å²) in [6.45, 7) is 5.32. The van der Waals surface area contributed by atoms with Gasteiger partial charge in [-0.15, -0.1) is 0 Å². The van der Waals surface area contributed by atoms with Gasteiger partial charge in [0.15, 0.2) is 23.0 Å². The normalized spacial score (nSPS) is 11.1. The number of fused-ring (bicyclic) bond motifs is 2. The van der Waals surface area contributed by atoms with Gasteiger partial charge in [0.05, 0.1) is 61.6 Å². The van der Waals surface area contributed by atoms with Gasteiger partial charge in [-0.3, -0.25) is 10.6 Å². The molecule has 456 valence electrons. The van der Waals surface area contributed by atoms with E-state index in [1.165, 1.54) is 36.2 Å². The number of anilines is 4. The summed E-state index contributed by atoms with van der Waals surface area (Å²) in [4.78, 5) is 42.0. The van der Waals surface area contributed by atoms with Crippen molar-refractivity contribution in [3.8, 4) is 63.4 Å². The molecule has 11 rings (SSSR count). The van der Waals surface area contributed by atoms with E-state index >= 15 is 0 Å². The van der Waals surface area contributed by atoms with Gasteiger partial charge in [0, 0.05) is 61.6 Å². The highest BCUT2D eigenvalue weighted by Crippen LogP contribution is 2.39. The highest BCUT2D eigenvalue weighted by atomic mass is 19.3. The highest BCUT2D eigenvalue weighted by molar-refractivity contribution is 5.99. The van der Waals surface area contributed by atoms with E-state index in [0.29, 0.717) is 85.3 Å². The maximum absolute atomic E-state index is 14.1. The fraction of sp³-hybridized carbons (Fsp3) is 0.156. The van der Waals surface area contributed by atoms with Gasteiger partial charge in [0.1, 0.15) is 52.9 Å². The number of nitrogens with zero attached hydrogens (tertiary/aromatic N) is 8. The zero-order valence-corrected chi connectivity index (χ0v) is 49.1. The van der Waals surface area contributed by atoms with Gasteiger partial charge in [0.25, 0.3) is 11.8 Å². The molecule has 4 heterocycles. The Bertz CT molecular complexity index is 4280. The largest absolute Gasteiger partial charge is 0.493 e. The number of nitrogens with two attached hydrogens (primary N) is 1.